The molecule has 2 amide bonds. The van der Waals surface area contributed by atoms with Gasteiger partial charge in [-0.3, -0.25) is 0 Å². The molecule has 5 N–H and O–H groups in total. The summed E-state index contributed by atoms with van der Waals surface area (Å²) in [7, 11) is 0. The van der Waals surface area contributed by atoms with Crippen LogP contribution in [0, 0.1) is 0 Å². The van der Waals surface area contributed by atoms with Crippen molar-refractivity contribution in [2.45, 2.75) is 32.8 Å². The first-order chi connectivity index (χ1) is 11.1. The molecule has 1 heterocycles. The van der Waals surface area contributed by atoms with Crippen LogP contribution in [0.25, 0.3) is 5.57 Å². The Balaban J connectivity index is 0.000000648. The average Bonchev–Trinajstić information content (AvgIpc) is 2.46. The number of amides is 2. The number of ether oxygens (including phenoxy) is 1. The predicted molar refractivity (Wildman–Crippen MR) is 93.5 cm³/mol. The molecule has 0 aromatic heterocycles. The molecule has 1 aromatic carbocycles. The van der Waals surface area contributed by atoms with Gasteiger partial charge in [0, 0.05) is 18.8 Å². The van der Waals surface area contributed by atoms with Gasteiger partial charge in [0.15, 0.2) is 0 Å². The summed E-state index contributed by atoms with van der Waals surface area (Å²) in [5, 5.41) is 7.19. The lowest BCUT2D eigenvalue weighted by atomic mass is 9.99. The summed E-state index contributed by atoms with van der Waals surface area (Å²) in [4.78, 5) is 22.5. The topological polar surface area (TPSA) is 119 Å². The Morgan fingerprint density at radius 3 is 2.17 bits per heavy atom. The number of rotatable bonds is 1. The van der Waals surface area contributed by atoms with E-state index < -0.39 is 11.7 Å². The number of carboxylic acid groups (broad SMARTS) is 1. The van der Waals surface area contributed by atoms with E-state index in [4.69, 9.17) is 20.4 Å². The largest absolute Gasteiger partial charge is 0.465 e. The quantitative estimate of drug-likeness (QED) is 0.682. The zero-order valence-electron chi connectivity index (χ0n) is 14.3. The van der Waals surface area contributed by atoms with Crippen molar-refractivity contribution in [2.75, 3.05) is 18.8 Å². The molecule has 0 saturated carbocycles. The van der Waals surface area contributed by atoms with Crippen molar-refractivity contribution < 1.29 is 19.4 Å². The van der Waals surface area contributed by atoms with Gasteiger partial charge in [0.25, 0.3) is 0 Å². The average molecular weight is 335 g/mol. The molecule has 0 saturated heterocycles. The van der Waals surface area contributed by atoms with Gasteiger partial charge < -0.3 is 26.2 Å². The van der Waals surface area contributed by atoms with Crippen molar-refractivity contribution in [1.29, 1.82) is 0 Å². The number of hydrogen-bond donors (Lipinski definition) is 3. The SMILES string of the molecule is CC(C)(C)OC(=O)N1CC=C(c2ccc(N)cc2)CC1.NC(=O)O. The monoisotopic (exact) mass is 335 g/mol. The van der Waals surface area contributed by atoms with Crippen LogP contribution in [0.2, 0.25) is 0 Å². The molecule has 24 heavy (non-hydrogen) atoms. The molecule has 1 aromatic rings. The Labute approximate surface area is 141 Å². The minimum absolute atomic E-state index is 0.245. The Kier molecular flexibility index (Phi) is 6.64. The molecule has 0 fully saturated rings. The fourth-order valence-electron chi connectivity index (χ4n) is 2.12. The van der Waals surface area contributed by atoms with Gasteiger partial charge in [-0.1, -0.05) is 18.2 Å². The summed E-state index contributed by atoms with van der Waals surface area (Å²) in [5.41, 5.74) is 12.5. The van der Waals surface area contributed by atoms with Gasteiger partial charge in [-0.25, -0.2) is 9.59 Å². The number of hydrogen-bond acceptors (Lipinski definition) is 4. The van der Waals surface area contributed by atoms with Crippen LogP contribution in [-0.4, -0.2) is 40.9 Å². The lowest BCUT2D eigenvalue weighted by Crippen LogP contribution is -2.39. The molecule has 7 nitrogen and oxygen atoms in total. The van der Waals surface area contributed by atoms with Crippen molar-refractivity contribution in [2.24, 2.45) is 5.73 Å². The standard InChI is InChI=1S/C16H22N2O2.CH3NO2/c1-16(2,3)20-15(19)18-10-8-13(9-11-18)12-4-6-14(17)7-5-12;2-1(3)4/h4-8H,9-11,17H2,1-3H3;2H2,(H,3,4). The number of nitrogens with zero attached hydrogens (tertiary/aromatic N) is 1. The first-order valence-electron chi connectivity index (χ1n) is 7.60. The molecule has 2 rings (SSSR count). The molecule has 0 aliphatic carbocycles. The molecule has 132 valence electrons. The van der Waals surface area contributed by atoms with E-state index in [-0.39, 0.29) is 6.09 Å². The Morgan fingerprint density at radius 2 is 1.75 bits per heavy atom. The first kappa shape index (κ1) is 19.3. The highest BCUT2D eigenvalue weighted by Gasteiger charge is 2.23. The molecule has 0 bridgehead atoms. The number of carbonyl (C=O) groups is 2. The van der Waals surface area contributed by atoms with Gasteiger partial charge in [0.2, 0.25) is 0 Å². The van der Waals surface area contributed by atoms with Gasteiger partial charge in [-0.2, -0.15) is 0 Å². The molecular formula is C17H25N3O4. The minimum atomic E-state index is -1.33. The van der Waals surface area contributed by atoms with Gasteiger partial charge in [-0.05, 0) is 50.5 Å². The maximum absolute atomic E-state index is 12.0. The van der Waals surface area contributed by atoms with E-state index in [1.807, 2.05) is 45.0 Å². The third-order valence-corrected chi connectivity index (χ3v) is 3.14. The molecule has 0 unspecified atom stereocenters. The van der Waals surface area contributed by atoms with Crippen LogP contribution < -0.4 is 11.5 Å². The smallest absolute Gasteiger partial charge is 0.410 e. The third-order valence-electron chi connectivity index (χ3n) is 3.14. The highest BCUT2D eigenvalue weighted by molar-refractivity contribution is 5.73. The van der Waals surface area contributed by atoms with E-state index in [0.717, 1.165) is 12.1 Å². The Bertz CT molecular complexity index is 599. The number of primary amides is 1. The highest BCUT2D eigenvalue weighted by atomic mass is 16.6. The number of anilines is 1. The number of nitrogen functional groups attached to an aromatic ring is 1. The summed E-state index contributed by atoms with van der Waals surface area (Å²) in [6.45, 7) is 6.92. The lowest BCUT2D eigenvalue weighted by molar-refractivity contribution is 0.0270. The number of carbonyl (C=O) groups excluding carboxylic acids is 1. The Hall–Kier alpha value is -2.70. The van der Waals surface area contributed by atoms with E-state index in [0.29, 0.717) is 13.1 Å². The molecule has 1 aliphatic rings. The second-order valence-corrected chi connectivity index (χ2v) is 6.37. The van der Waals surface area contributed by atoms with E-state index in [1.54, 1.807) is 4.90 Å². The molecule has 7 heteroatoms. The second kappa shape index (κ2) is 8.24. The maximum atomic E-state index is 12.0. The summed E-state index contributed by atoms with van der Waals surface area (Å²) in [6.07, 6.45) is 1.34. The summed E-state index contributed by atoms with van der Waals surface area (Å²) in [5.74, 6) is 0. The van der Waals surface area contributed by atoms with E-state index in [2.05, 4.69) is 11.8 Å². The molecular weight excluding hydrogens is 310 g/mol. The van der Waals surface area contributed by atoms with E-state index >= 15 is 0 Å². The normalized spacial score (nSPS) is 14.1. The minimum Gasteiger partial charge on any atom is -0.465 e. The van der Waals surface area contributed by atoms with Crippen molar-refractivity contribution in [3.05, 3.63) is 35.9 Å². The van der Waals surface area contributed by atoms with Crippen molar-refractivity contribution in [1.82, 2.24) is 4.90 Å². The van der Waals surface area contributed by atoms with Crippen LogP contribution >= 0.6 is 0 Å². The number of nitrogens with two attached hydrogens (primary N) is 2. The van der Waals surface area contributed by atoms with Crippen LogP contribution in [-0.2, 0) is 4.74 Å². The lowest BCUT2D eigenvalue weighted by Gasteiger charge is -2.29. The number of benzene rings is 1. The maximum Gasteiger partial charge on any atom is 0.410 e. The Morgan fingerprint density at radius 1 is 1.21 bits per heavy atom. The molecule has 1 aliphatic heterocycles. The van der Waals surface area contributed by atoms with Crippen LogP contribution in [0.1, 0.15) is 32.8 Å². The first-order valence-corrected chi connectivity index (χ1v) is 7.60. The van der Waals surface area contributed by atoms with E-state index in [1.165, 1.54) is 11.1 Å². The van der Waals surface area contributed by atoms with Gasteiger partial charge in [0.05, 0.1) is 0 Å². The third kappa shape index (κ3) is 7.04. The van der Waals surface area contributed by atoms with Crippen molar-refractivity contribution in [3.8, 4) is 0 Å². The van der Waals surface area contributed by atoms with Crippen molar-refractivity contribution >= 4 is 23.4 Å². The zero-order valence-corrected chi connectivity index (χ0v) is 14.3. The predicted octanol–water partition coefficient (Wildman–Crippen LogP) is 2.92. The fraction of sp³-hybridized carbons (Fsp3) is 0.412. The summed E-state index contributed by atoms with van der Waals surface area (Å²) < 4.78 is 5.38. The van der Waals surface area contributed by atoms with Gasteiger partial charge >= 0.3 is 12.2 Å². The van der Waals surface area contributed by atoms with Crippen LogP contribution in [0.3, 0.4) is 0 Å². The van der Waals surface area contributed by atoms with E-state index in [9.17, 15) is 4.79 Å². The molecule has 0 radical (unpaired) electrons. The van der Waals surface area contributed by atoms with Crippen LogP contribution in [0.4, 0.5) is 15.3 Å². The van der Waals surface area contributed by atoms with Crippen LogP contribution in [0.5, 0.6) is 0 Å². The van der Waals surface area contributed by atoms with Gasteiger partial charge in [-0.15, -0.1) is 0 Å². The summed E-state index contributed by atoms with van der Waals surface area (Å²) >= 11 is 0. The zero-order chi connectivity index (χ0) is 18.3. The summed E-state index contributed by atoms with van der Waals surface area (Å²) in [6, 6.07) is 7.83. The fourth-order valence-corrected chi connectivity index (χ4v) is 2.12. The van der Waals surface area contributed by atoms with Crippen LogP contribution in [0.15, 0.2) is 30.3 Å². The second-order valence-electron chi connectivity index (χ2n) is 6.37. The van der Waals surface area contributed by atoms with Gasteiger partial charge in [0.1, 0.15) is 5.60 Å². The van der Waals surface area contributed by atoms with Crippen molar-refractivity contribution in [3.63, 3.8) is 0 Å². The highest BCUT2D eigenvalue weighted by Crippen LogP contribution is 2.24. The molecule has 0 atom stereocenters. The molecule has 0 spiro atoms.